The van der Waals surface area contributed by atoms with Crippen LogP contribution in [0.25, 0.3) is 11.4 Å². The van der Waals surface area contributed by atoms with E-state index >= 15 is 0 Å². The third kappa shape index (κ3) is 3.81. The maximum absolute atomic E-state index is 13.1. The van der Waals surface area contributed by atoms with Gasteiger partial charge >= 0.3 is 0 Å². The molecule has 1 saturated heterocycles. The summed E-state index contributed by atoms with van der Waals surface area (Å²) in [6.07, 6.45) is 2.28. The number of aromatic nitrogens is 2. The molecular formula is C24H24N4O6. The number of aryl methyl sites for hydroxylation is 2. The topological polar surface area (TPSA) is 127 Å². The summed E-state index contributed by atoms with van der Waals surface area (Å²) in [4.78, 5) is 42.6. The molecule has 1 amide bonds. The van der Waals surface area contributed by atoms with Gasteiger partial charge in [-0.25, -0.2) is 4.98 Å². The first-order chi connectivity index (χ1) is 16.3. The summed E-state index contributed by atoms with van der Waals surface area (Å²) in [5, 5.41) is 22.4. The predicted molar refractivity (Wildman–Crippen MR) is 123 cm³/mol. The first-order valence-corrected chi connectivity index (χ1v) is 10.7. The second kappa shape index (κ2) is 9.06. The molecule has 0 spiro atoms. The van der Waals surface area contributed by atoms with E-state index in [0.717, 1.165) is 5.56 Å². The zero-order valence-electron chi connectivity index (χ0n) is 19.0. The number of Topliss-reactive ketones (excluding diaryl/α,β-unsaturated/α-hetero) is 1. The molecule has 1 aliphatic rings. The summed E-state index contributed by atoms with van der Waals surface area (Å²) in [5.74, 6) is -1.96. The quantitative estimate of drug-likeness (QED) is 0.142. The molecular weight excluding hydrogens is 440 g/mol. The lowest BCUT2D eigenvalue weighted by Gasteiger charge is -2.25. The van der Waals surface area contributed by atoms with E-state index in [2.05, 4.69) is 4.98 Å². The van der Waals surface area contributed by atoms with Gasteiger partial charge in [-0.1, -0.05) is 6.07 Å². The monoisotopic (exact) mass is 464 g/mol. The van der Waals surface area contributed by atoms with Gasteiger partial charge in [-0.15, -0.1) is 0 Å². The number of ketones is 1. The highest BCUT2D eigenvalue weighted by atomic mass is 16.6. The Morgan fingerprint density at radius 1 is 1.21 bits per heavy atom. The molecule has 1 fully saturated rings. The lowest BCUT2D eigenvalue weighted by Crippen LogP contribution is -2.31. The normalized spacial score (nSPS) is 17.6. The SMILES string of the molecule is COCCCN1C(=O)C(=O)C(=C(O)c2nc3c(C)cccn3c2C)C1c1ccc([N+](=O)[O-])cc1. The van der Waals surface area contributed by atoms with Gasteiger partial charge in [0.2, 0.25) is 0 Å². The molecule has 2 aromatic heterocycles. The molecule has 34 heavy (non-hydrogen) atoms. The van der Waals surface area contributed by atoms with Crippen LogP contribution in [0, 0.1) is 24.0 Å². The van der Waals surface area contributed by atoms with Crippen molar-refractivity contribution in [3.63, 3.8) is 0 Å². The van der Waals surface area contributed by atoms with Crippen molar-refractivity contribution in [1.29, 1.82) is 0 Å². The second-order valence-electron chi connectivity index (χ2n) is 8.12. The Kier molecular flexibility index (Phi) is 6.16. The number of nitrogens with zero attached hydrogens (tertiary/aromatic N) is 4. The Hall–Kier alpha value is -4.05. The van der Waals surface area contributed by atoms with Crippen LogP contribution >= 0.6 is 0 Å². The van der Waals surface area contributed by atoms with Crippen molar-refractivity contribution in [3.8, 4) is 0 Å². The molecule has 0 saturated carbocycles. The average molecular weight is 464 g/mol. The Labute approximate surface area is 195 Å². The number of pyridine rings is 1. The van der Waals surface area contributed by atoms with Gasteiger partial charge in [0.05, 0.1) is 22.2 Å². The standard InChI is InChI=1S/C24H24N4O6/c1-14-6-4-11-26-15(2)19(25-23(14)26)21(29)18-20(16-7-9-17(10-8-16)28(32)33)27(12-5-13-34-3)24(31)22(18)30/h4,6-11,20,29H,5,12-13H2,1-3H3. The van der Waals surface area contributed by atoms with Crippen molar-refractivity contribution in [2.75, 3.05) is 20.3 Å². The van der Waals surface area contributed by atoms with Crippen LogP contribution in [0.3, 0.4) is 0 Å². The summed E-state index contributed by atoms with van der Waals surface area (Å²) < 4.78 is 6.88. The molecule has 0 radical (unpaired) electrons. The fraction of sp³-hybridized carbons (Fsp3) is 0.292. The fourth-order valence-corrected chi connectivity index (χ4v) is 4.29. The van der Waals surface area contributed by atoms with E-state index in [0.29, 0.717) is 29.9 Å². The van der Waals surface area contributed by atoms with Crippen LogP contribution in [0.5, 0.6) is 0 Å². The van der Waals surface area contributed by atoms with Gasteiger partial charge in [0.25, 0.3) is 17.4 Å². The number of fused-ring (bicyclic) bond motifs is 1. The van der Waals surface area contributed by atoms with Crippen molar-refractivity contribution in [3.05, 3.63) is 80.8 Å². The number of hydrogen-bond donors (Lipinski definition) is 1. The molecule has 1 atom stereocenters. The van der Waals surface area contributed by atoms with Crippen LogP contribution in [0.2, 0.25) is 0 Å². The number of likely N-dealkylation sites (tertiary alicyclic amines) is 1. The summed E-state index contributed by atoms with van der Waals surface area (Å²) in [6.45, 7) is 4.24. The molecule has 10 heteroatoms. The number of aliphatic hydroxyl groups excluding tert-OH is 1. The van der Waals surface area contributed by atoms with Crippen molar-refractivity contribution in [2.24, 2.45) is 0 Å². The number of methoxy groups -OCH3 is 1. The molecule has 0 bridgehead atoms. The Morgan fingerprint density at radius 2 is 1.91 bits per heavy atom. The van der Waals surface area contributed by atoms with Crippen LogP contribution < -0.4 is 0 Å². The number of imidazole rings is 1. The number of nitro benzene ring substituents is 1. The molecule has 1 N–H and O–H groups in total. The number of non-ortho nitro benzene ring substituents is 1. The zero-order chi connectivity index (χ0) is 24.6. The number of carbonyl (C=O) groups excluding carboxylic acids is 2. The van der Waals surface area contributed by atoms with E-state index in [1.54, 1.807) is 17.5 Å². The molecule has 0 aliphatic carbocycles. The van der Waals surface area contributed by atoms with Crippen molar-refractivity contribution in [1.82, 2.24) is 14.3 Å². The third-order valence-corrected chi connectivity index (χ3v) is 6.02. The summed E-state index contributed by atoms with van der Waals surface area (Å²) in [5.41, 5.74) is 2.59. The van der Waals surface area contributed by atoms with Gasteiger partial charge in [-0.05, 0) is 49.6 Å². The highest BCUT2D eigenvalue weighted by molar-refractivity contribution is 6.46. The number of amides is 1. The molecule has 3 heterocycles. The number of nitro groups is 1. The maximum atomic E-state index is 13.1. The molecule has 176 valence electrons. The molecule has 10 nitrogen and oxygen atoms in total. The first kappa shape index (κ1) is 23.1. The Balaban J connectivity index is 1.89. The van der Waals surface area contributed by atoms with Crippen molar-refractivity contribution >= 4 is 28.8 Å². The maximum Gasteiger partial charge on any atom is 0.295 e. The van der Waals surface area contributed by atoms with E-state index in [1.807, 2.05) is 19.1 Å². The highest BCUT2D eigenvalue weighted by Gasteiger charge is 2.46. The van der Waals surface area contributed by atoms with Crippen molar-refractivity contribution < 1.29 is 24.4 Å². The molecule has 1 unspecified atom stereocenters. The average Bonchev–Trinajstić information content (AvgIpc) is 3.29. The third-order valence-electron chi connectivity index (χ3n) is 6.02. The van der Waals surface area contributed by atoms with E-state index in [1.165, 1.54) is 36.3 Å². The van der Waals surface area contributed by atoms with Crippen LogP contribution in [-0.2, 0) is 14.3 Å². The van der Waals surface area contributed by atoms with Gasteiger partial charge in [0.1, 0.15) is 11.3 Å². The van der Waals surface area contributed by atoms with Gasteiger partial charge in [0.15, 0.2) is 5.76 Å². The number of aliphatic hydroxyl groups is 1. The fourth-order valence-electron chi connectivity index (χ4n) is 4.29. The minimum atomic E-state index is -0.914. The minimum Gasteiger partial charge on any atom is -0.505 e. The van der Waals surface area contributed by atoms with Crippen molar-refractivity contribution in [2.45, 2.75) is 26.3 Å². The smallest absolute Gasteiger partial charge is 0.295 e. The van der Waals surface area contributed by atoms with Gasteiger partial charge in [-0.2, -0.15) is 0 Å². The lowest BCUT2D eigenvalue weighted by atomic mass is 9.96. The van der Waals surface area contributed by atoms with Crippen LogP contribution in [-0.4, -0.2) is 56.3 Å². The van der Waals surface area contributed by atoms with E-state index in [4.69, 9.17) is 4.74 Å². The predicted octanol–water partition coefficient (Wildman–Crippen LogP) is 3.32. The molecule has 3 aromatic rings. The Bertz CT molecular complexity index is 1330. The number of ether oxygens (including phenoxy) is 1. The minimum absolute atomic E-state index is 0.0968. The zero-order valence-corrected chi connectivity index (χ0v) is 19.0. The van der Waals surface area contributed by atoms with Gasteiger partial charge < -0.3 is 19.1 Å². The number of carbonyl (C=O) groups is 2. The van der Waals surface area contributed by atoms with Crippen LogP contribution in [0.4, 0.5) is 5.69 Å². The second-order valence-corrected chi connectivity index (χ2v) is 8.12. The van der Waals surface area contributed by atoms with Gasteiger partial charge in [0, 0.05) is 38.6 Å². The lowest BCUT2D eigenvalue weighted by molar-refractivity contribution is -0.384. The Morgan fingerprint density at radius 3 is 2.53 bits per heavy atom. The number of benzene rings is 1. The molecule has 1 aromatic carbocycles. The summed E-state index contributed by atoms with van der Waals surface area (Å²) >= 11 is 0. The van der Waals surface area contributed by atoms with Crippen LogP contribution in [0.1, 0.15) is 35.0 Å². The molecule has 4 rings (SSSR count). The van der Waals surface area contributed by atoms with Gasteiger partial charge in [-0.3, -0.25) is 19.7 Å². The van der Waals surface area contributed by atoms with Crippen LogP contribution in [0.15, 0.2) is 48.2 Å². The van der Waals surface area contributed by atoms with E-state index in [-0.39, 0.29) is 29.3 Å². The number of rotatable bonds is 7. The number of hydrogen-bond acceptors (Lipinski definition) is 7. The summed E-state index contributed by atoms with van der Waals surface area (Å²) in [7, 11) is 1.54. The largest absolute Gasteiger partial charge is 0.505 e. The highest BCUT2D eigenvalue weighted by Crippen LogP contribution is 2.40. The molecule has 1 aliphatic heterocycles. The van der Waals surface area contributed by atoms with E-state index < -0.39 is 22.7 Å². The van der Waals surface area contributed by atoms with E-state index in [9.17, 15) is 24.8 Å². The summed E-state index contributed by atoms with van der Waals surface area (Å²) in [6, 6.07) is 8.43. The first-order valence-electron chi connectivity index (χ1n) is 10.7.